The third kappa shape index (κ3) is 5.52. The highest BCUT2D eigenvalue weighted by Crippen LogP contribution is 2.00. The lowest BCUT2D eigenvalue weighted by atomic mass is 10.2. The molecule has 62 valence electrons. The van der Waals surface area contributed by atoms with Crippen molar-refractivity contribution in [3.8, 4) is 0 Å². The molecular formula is C9H14FN. The molecule has 1 nitrogen and oxygen atoms in total. The third-order valence-electron chi connectivity index (χ3n) is 1.09. The van der Waals surface area contributed by atoms with Gasteiger partial charge in [0.05, 0.1) is 5.71 Å². The van der Waals surface area contributed by atoms with Crippen molar-refractivity contribution in [2.24, 2.45) is 5.21 Å². The highest BCUT2D eigenvalue weighted by molar-refractivity contribution is 5.93. The number of hydrogen-bond donors (Lipinski definition) is 0. The summed E-state index contributed by atoms with van der Waals surface area (Å²) < 4.78 is 11.6. The van der Waals surface area contributed by atoms with E-state index in [9.17, 15) is 4.48 Å². The maximum absolute atomic E-state index is 11.6. The zero-order valence-corrected chi connectivity index (χ0v) is 7.48. The van der Waals surface area contributed by atoms with Gasteiger partial charge in [0, 0.05) is 0 Å². The van der Waals surface area contributed by atoms with Crippen LogP contribution in [0.2, 0.25) is 0 Å². The molecule has 0 fully saturated rings. The van der Waals surface area contributed by atoms with E-state index in [4.69, 9.17) is 0 Å². The minimum atomic E-state index is 0.403. The Hall–Kier alpha value is -0.920. The van der Waals surface area contributed by atoms with Gasteiger partial charge in [0.2, 0.25) is 0 Å². The van der Waals surface area contributed by atoms with Gasteiger partial charge in [-0.25, -0.2) is 0 Å². The first-order chi connectivity index (χ1) is 5.06. The smallest absolute Gasteiger partial charge is 0.0705 e. The van der Waals surface area contributed by atoms with Crippen molar-refractivity contribution in [1.29, 1.82) is 0 Å². The monoisotopic (exact) mass is 155 g/mol. The molecule has 0 atom stereocenters. The Morgan fingerprint density at radius 3 is 2.00 bits per heavy atom. The number of allylic oxidation sites excluding steroid dienone is 4. The fourth-order valence-corrected chi connectivity index (χ4v) is 0.851. The van der Waals surface area contributed by atoms with Gasteiger partial charge >= 0.3 is 0 Å². The molecule has 0 radical (unpaired) electrons. The van der Waals surface area contributed by atoms with Gasteiger partial charge in [-0.3, -0.25) is 0 Å². The van der Waals surface area contributed by atoms with Crippen LogP contribution in [0.1, 0.15) is 27.7 Å². The second-order valence-corrected chi connectivity index (χ2v) is 2.84. The molecule has 0 N–H and O–H groups in total. The quantitative estimate of drug-likeness (QED) is 0.429. The Labute approximate surface area is 67.3 Å². The predicted molar refractivity (Wildman–Crippen MR) is 47.4 cm³/mol. The zero-order chi connectivity index (χ0) is 8.85. The molecule has 0 unspecified atom stereocenters. The lowest BCUT2D eigenvalue weighted by Gasteiger charge is -1.92. The van der Waals surface area contributed by atoms with E-state index in [0.717, 1.165) is 5.57 Å². The van der Waals surface area contributed by atoms with E-state index >= 15 is 0 Å². The van der Waals surface area contributed by atoms with Crippen LogP contribution in [0.15, 0.2) is 28.5 Å². The average molecular weight is 155 g/mol. The van der Waals surface area contributed by atoms with Crippen LogP contribution in [-0.2, 0) is 0 Å². The predicted octanol–water partition coefficient (Wildman–Crippen LogP) is 3.24. The summed E-state index contributed by atoms with van der Waals surface area (Å²) in [6.07, 6.45) is 3.68. The Bertz CT molecular complexity index is 208. The first-order valence-electron chi connectivity index (χ1n) is 3.55. The van der Waals surface area contributed by atoms with Crippen LogP contribution in [-0.4, -0.2) is 5.71 Å². The number of halogens is 1. The van der Waals surface area contributed by atoms with Crippen LogP contribution in [0, 0.1) is 0 Å². The summed E-state index contributed by atoms with van der Waals surface area (Å²) in [5.41, 5.74) is 2.62. The van der Waals surface area contributed by atoms with Gasteiger partial charge in [-0.05, 0) is 39.3 Å². The maximum atomic E-state index is 11.6. The summed E-state index contributed by atoms with van der Waals surface area (Å²) in [6.45, 7) is 7.54. The van der Waals surface area contributed by atoms with E-state index in [2.05, 4.69) is 5.21 Å². The zero-order valence-electron chi connectivity index (χ0n) is 7.48. The van der Waals surface area contributed by atoms with Crippen molar-refractivity contribution in [1.82, 2.24) is 0 Å². The second kappa shape index (κ2) is 4.83. The van der Waals surface area contributed by atoms with Gasteiger partial charge in [0.25, 0.3) is 0 Å². The van der Waals surface area contributed by atoms with Gasteiger partial charge in [-0.15, -0.1) is 0 Å². The normalized spacial score (nSPS) is 13.2. The van der Waals surface area contributed by atoms with Gasteiger partial charge in [0.1, 0.15) is 0 Å². The number of hydrogen-bond acceptors (Lipinski definition) is 1. The number of rotatable bonds is 2. The first-order valence-corrected chi connectivity index (χ1v) is 3.55. The minimum Gasteiger partial charge on any atom is -0.0924 e. The van der Waals surface area contributed by atoms with Crippen molar-refractivity contribution in [2.45, 2.75) is 27.7 Å². The molecule has 0 aliphatic carbocycles. The third-order valence-corrected chi connectivity index (χ3v) is 1.09. The van der Waals surface area contributed by atoms with Crippen molar-refractivity contribution in [3.63, 3.8) is 0 Å². The number of nitrogens with zero attached hydrogens (tertiary/aromatic N) is 1. The van der Waals surface area contributed by atoms with Gasteiger partial charge in [0.15, 0.2) is 0 Å². The molecule has 0 aromatic carbocycles. The molecule has 0 aliphatic rings. The van der Waals surface area contributed by atoms with E-state index in [0.29, 0.717) is 5.71 Å². The summed E-state index contributed by atoms with van der Waals surface area (Å²) >= 11 is 0. The lowest BCUT2D eigenvalue weighted by molar-refractivity contribution is 0.537. The highest BCUT2D eigenvalue weighted by atomic mass is 19.2. The Morgan fingerprint density at radius 2 is 1.64 bits per heavy atom. The molecule has 0 saturated carbocycles. The highest BCUT2D eigenvalue weighted by Gasteiger charge is 1.86. The molecule has 0 bridgehead atoms. The van der Waals surface area contributed by atoms with E-state index in [1.807, 2.05) is 26.8 Å². The van der Waals surface area contributed by atoms with Gasteiger partial charge < -0.3 is 0 Å². The van der Waals surface area contributed by atoms with Crippen LogP contribution in [0.5, 0.6) is 0 Å². The summed E-state index contributed by atoms with van der Waals surface area (Å²) in [4.78, 5) is 0. The molecule has 0 rings (SSSR count). The Morgan fingerprint density at radius 1 is 1.09 bits per heavy atom. The van der Waals surface area contributed by atoms with E-state index in [1.54, 1.807) is 13.0 Å². The fraction of sp³-hybridized carbons (Fsp3) is 0.444. The second-order valence-electron chi connectivity index (χ2n) is 2.84. The average Bonchev–Trinajstić information content (AvgIpc) is 1.85. The molecule has 0 saturated heterocycles. The van der Waals surface area contributed by atoms with E-state index in [-0.39, 0.29) is 0 Å². The standard InChI is InChI=1S/C9H14FN/c1-7(2)5-8(3)6-9(4)11-10/h5-6H,1-4H3/b8-6-,11-9+. The molecule has 11 heavy (non-hydrogen) atoms. The van der Waals surface area contributed by atoms with Crippen LogP contribution in [0.4, 0.5) is 4.48 Å². The van der Waals surface area contributed by atoms with Crippen molar-refractivity contribution in [2.75, 3.05) is 0 Å². The molecule has 2 heteroatoms. The molecule has 0 aliphatic heterocycles. The first kappa shape index (κ1) is 10.1. The largest absolute Gasteiger partial charge is 0.0924 e. The molecule has 0 heterocycles. The summed E-state index contributed by atoms with van der Waals surface area (Å²) in [5, 5.41) is 2.55. The van der Waals surface area contributed by atoms with Gasteiger partial charge in [-0.2, -0.15) is 0 Å². The molecule has 0 aromatic rings. The Kier molecular flexibility index (Phi) is 4.42. The fourth-order valence-electron chi connectivity index (χ4n) is 0.851. The molecule has 0 aromatic heterocycles. The van der Waals surface area contributed by atoms with Crippen molar-refractivity contribution < 1.29 is 4.48 Å². The van der Waals surface area contributed by atoms with Crippen molar-refractivity contribution >= 4 is 5.71 Å². The summed E-state index contributed by atoms with van der Waals surface area (Å²) in [6, 6.07) is 0. The van der Waals surface area contributed by atoms with Crippen LogP contribution >= 0.6 is 0 Å². The lowest BCUT2D eigenvalue weighted by Crippen LogP contribution is -1.83. The maximum Gasteiger partial charge on any atom is 0.0705 e. The van der Waals surface area contributed by atoms with Crippen molar-refractivity contribution in [3.05, 3.63) is 23.3 Å². The molecule has 0 spiro atoms. The van der Waals surface area contributed by atoms with Crippen LogP contribution < -0.4 is 0 Å². The topological polar surface area (TPSA) is 12.4 Å². The molecular weight excluding hydrogens is 141 g/mol. The Balaban J connectivity index is 4.36. The van der Waals surface area contributed by atoms with E-state index < -0.39 is 0 Å². The minimum absolute atomic E-state index is 0.403. The SMILES string of the molecule is CC(C)=C/C(C)=C\C(C)=N\F. The molecule has 0 amide bonds. The summed E-state index contributed by atoms with van der Waals surface area (Å²) in [7, 11) is 0. The van der Waals surface area contributed by atoms with Crippen LogP contribution in [0.25, 0.3) is 0 Å². The summed E-state index contributed by atoms with van der Waals surface area (Å²) in [5.74, 6) is 0. The van der Waals surface area contributed by atoms with Gasteiger partial charge in [-0.1, -0.05) is 21.3 Å². The van der Waals surface area contributed by atoms with E-state index in [1.165, 1.54) is 5.57 Å². The van der Waals surface area contributed by atoms with Crippen LogP contribution in [0.3, 0.4) is 0 Å².